The first-order valence-corrected chi connectivity index (χ1v) is 4.03. The number of hydrogen-bond acceptors (Lipinski definition) is 3. The second-order valence-corrected chi connectivity index (χ2v) is 2.76. The van der Waals surface area contributed by atoms with Gasteiger partial charge in [0.2, 0.25) is 5.91 Å². The Labute approximate surface area is 80.0 Å². The van der Waals surface area contributed by atoms with Crippen molar-refractivity contribution in [1.29, 1.82) is 0 Å². The summed E-state index contributed by atoms with van der Waals surface area (Å²) < 4.78 is 0. The number of nitrogens with one attached hydrogen (secondary N) is 1. The number of nitrogens with zero attached hydrogens (tertiary/aromatic N) is 2. The molecule has 0 aliphatic rings. The van der Waals surface area contributed by atoms with Gasteiger partial charge in [-0.1, -0.05) is 0 Å². The summed E-state index contributed by atoms with van der Waals surface area (Å²) in [7, 11) is 0. The number of amides is 1. The normalized spacial score (nSPS) is 10.0. The van der Waals surface area contributed by atoms with Crippen LogP contribution in [0.2, 0.25) is 0 Å². The van der Waals surface area contributed by atoms with Crippen molar-refractivity contribution in [2.45, 2.75) is 0 Å². The van der Waals surface area contributed by atoms with Gasteiger partial charge in [-0.15, -0.1) is 0 Å². The summed E-state index contributed by atoms with van der Waals surface area (Å²) in [6, 6.07) is 4.96. The maximum Gasteiger partial charge on any atom is 0.248 e. The van der Waals surface area contributed by atoms with Gasteiger partial charge in [-0.05, 0) is 18.2 Å². The highest BCUT2D eigenvalue weighted by Gasteiger charge is 2.04. The van der Waals surface area contributed by atoms with Crippen LogP contribution in [-0.4, -0.2) is 21.1 Å². The van der Waals surface area contributed by atoms with Crippen LogP contribution >= 0.6 is 0 Å². The van der Waals surface area contributed by atoms with Crippen molar-refractivity contribution in [3.8, 4) is 11.4 Å². The van der Waals surface area contributed by atoms with E-state index in [4.69, 9.17) is 5.73 Å². The van der Waals surface area contributed by atoms with E-state index in [0.29, 0.717) is 11.3 Å². The smallest absolute Gasteiger partial charge is 0.248 e. The molecule has 2 heterocycles. The number of aromatic amines is 1. The first-order chi connectivity index (χ1) is 6.77. The molecular weight excluding hydrogens is 180 g/mol. The van der Waals surface area contributed by atoms with Crippen molar-refractivity contribution in [2.75, 3.05) is 0 Å². The monoisotopic (exact) mass is 188 g/mol. The van der Waals surface area contributed by atoms with E-state index in [-0.39, 0.29) is 0 Å². The fourth-order valence-electron chi connectivity index (χ4n) is 1.13. The SMILES string of the molecule is NC(=O)c1ccnc(-c2ccn[nH]2)c1. The topological polar surface area (TPSA) is 84.7 Å². The molecule has 1 amide bonds. The first-order valence-electron chi connectivity index (χ1n) is 4.03. The zero-order valence-corrected chi connectivity index (χ0v) is 7.27. The molecule has 0 fully saturated rings. The van der Waals surface area contributed by atoms with Crippen LogP contribution in [0.1, 0.15) is 10.4 Å². The molecule has 0 unspecified atom stereocenters. The number of pyridine rings is 1. The largest absolute Gasteiger partial charge is 0.366 e. The Hall–Kier alpha value is -2.17. The van der Waals surface area contributed by atoms with E-state index >= 15 is 0 Å². The minimum Gasteiger partial charge on any atom is -0.366 e. The van der Waals surface area contributed by atoms with Gasteiger partial charge in [-0.25, -0.2) is 0 Å². The lowest BCUT2D eigenvalue weighted by Gasteiger charge is -1.98. The molecule has 0 atom stereocenters. The van der Waals surface area contributed by atoms with Gasteiger partial charge < -0.3 is 5.73 Å². The predicted molar refractivity (Wildman–Crippen MR) is 50.3 cm³/mol. The summed E-state index contributed by atoms with van der Waals surface area (Å²) >= 11 is 0. The van der Waals surface area contributed by atoms with Crippen LogP contribution in [-0.2, 0) is 0 Å². The molecular formula is C9H8N4O. The van der Waals surface area contributed by atoms with E-state index < -0.39 is 5.91 Å². The lowest BCUT2D eigenvalue weighted by molar-refractivity contribution is 0.1000. The quantitative estimate of drug-likeness (QED) is 0.722. The number of aromatic nitrogens is 3. The van der Waals surface area contributed by atoms with Gasteiger partial charge in [-0.3, -0.25) is 14.9 Å². The predicted octanol–water partition coefficient (Wildman–Crippen LogP) is 0.571. The molecule has 3 N–H and O–H groups in total. The number of nitrogens with two attached hydrogens (primary N) is 1. The van der Waals surface area contributed by atoms with Crippen molar-refractivity contribution in [2.24, 2.45) is 5.73 Å². The van der Waals surface area contributed by atoms with E-state index in [9.17, 15) is 4.79 Å². The fraction of sp³-hybridized carbons (Fsp3) is 0. The molecule has 0 saturated carbocycles. The summed E-state index contributed by atoms with van der Waals surface area (Å²) in [4.78, 5) is 15.0. The Morgan fingerprint density at radius 2 is 2.21 bits per heavy atom. The van der Waals surface area contributed by atoms with Gasteiger partial charge in [0.05, 0.1) is 11.4 Å². The average molecular weight is 188 g/mol. The fourth-order valence-corrected chi connectivity index (χ4v) is 1.13. The molecule has 0 saturated heterocycles. The Bertz CT molecular complexity index is 450. The van der Waals surface area contributed by atoms with Gasteiger partial charge in [0.15, 0.2) is 0 Å². The lowest BCUT2D eigenvalue weighted by Crippen LogP contribution is -2.10. The Morgan fingerprint density at radius 3 is 2.86 bits per heavy atom. The van der Waals surface area contributed by atoms with Crippen molar-refractivity contribution in [1.82, 2.24) is 15.2 Å². The molecule has 5 heteroatoms. The molecule has 14 heavy (non-hydrogen) atoms. The number of carbonyl (C=O) groups excluding carboxylic acids is 1. The molecule has 0 aliphatic carbocycles. The average Bonchev–Trinajstić information content (AvgIpc) is 2.71. The van der Waals surface area contributed by atoms with Gasteiger partial charge in [0.25, 0.3) is 0 Å². The molecule has 0 spiro atoms. The third kappa shape index (κ3) is 1.47. The molecule has 2 rings (SSSR count). The van der Waals surface area contributed by atoms with E-state index in [1.165, 1.54) is 6.20 Å². The van der Waals surface area contributed by atoms with Gasteiger partial charge in [0.1, 0.15) is 0 Å². The minimum absolute atomic E-state index is 0.435. The van der Waals surface area contributed by atoms with Crippen LogP contribution in [0.15, 0.2) is 30.6 Å². The second-order valence-electron chi connectivity index (χ2n) is 2.76. The van der Waals surface area contributed by atoms with Gasteiger partial charge >= 0.3 is 0 Å². The highest BCUT2D eigenvalue weighted by molar-refractivity contribution is 5.93. The third-order valence-corrected chi connectivity index (χ3v) is 1.82. The first kappa shape index (κ1) is 8.43. The maximum absolute atomic E-state index is 10.9. The molecule has 2 aromatic rings. The standard InChI is InChI=1S/C9H8N4O/c10-9(14)6-1-3-11-8(5-6)7-2-4-12-13-7/h1-5H,(H2,10,14)(H,12,13). The van der Waals surface area contributed by atoms with E-state index in [2.05, 4.69) is 15.2 Å². The van der Waals surface area contributed by atoms with Crippen molar-refractivity contribution >= 4 is 5.91 Å². The number of hydrogen-bond donors (Lipinski definition) is 2. The second kappa shape index (κ2) is 3.29. The number of H-pyrrole nitrogens is 1. The number of carbonyl (C=O) groups is 1. The molecule has 0 aromatic carbocycles. The van der Waals surface area contributed by atoms with E-state index in [0.717, 1.165) is 5.69 Å². The van der Waals surface area contributed by atoms with Crippen LogP contribution in [0.3, 0.4) is 0 Å². The maximum atomic E-state index is 10.9. The Morgan fingerprint density at radius 1 is 1.36 bits per heavy atom. The number of primary amides is 1. The summed E-state index contributed by atoms with van der Waals surface area (Å²) in [6.45, 7) is 0. The van der Waals surface area contributed by atoms with E-state index in [1.807, 2.05) is 0 Å². The van der Waals surface area contributed by atoms with Crippen LogP contribution < -0.4 is 5.73 Å². The summed E-state index contributed by atoms with van der Waals surface area (Å²) in [5.41, 5.74) is 6.99. The molecule has 5 nitrogen and oxygen atoms in total. The molecule has 0 radical (unpaired) electrons. The van der Waals surface area contributed by atoms with Crippen molar-refractivity contribution < 1.29 is 4.79 Å². The Kier molecular flexibility index (Phi) is 1.98. The van der Waals surface area contributed by atoms with Gasteiger partial charge in [-0.2, -0.15) is 5.10 Å². The van der Waals surface area contributed by atoms with Crippen LogP contribution in [0.4, 0.5) is 0 Å². The molecule has 2 aromatic heterocycles. The molecule has 0 bridgehead atoms. The lowest BCUT2D eigenvalue weighted by atomic mass is 10.2. The van der Waals surface area contributed by atoms with E-state index in [1.54, 1.807) is 24.4 Å². The summed E-state index contributed by atoms with van der Waals surface area (Å²) in [5.74, 6) is -0.465. The molecule has 0 aliphatic heterocycles. The highest BCUT2D eigenvalue weighted by atomic mass is 16.1. The highest BCUT2D eigenvalue weighted by Crippen LogP contribution is 2.13. The summed E-state index contributed by atoms with van der Waals surface area (Å²) in [5, 5.41) is 6.55. The van der Waals surface area contributed by atoms with Crippen molar-refractivity contribution in [3.63, 3.8) is 0 Å². The Balaban J connectivity index is 2.46. The van der Waals surface area contributed by atoms with Crippen LogP contribution in [0.5, 0.6) is 0 Å². The minimum atomic E-state index is -0.465. The van der Waals surface area contributed by atoms with Crippen LogP contribution in [0.25, 0.3) is 11.4 Å². The van der Waals surface area contributed by atoms with Gasteiger partial charge in [0, 0.05) is 18.0 Å². The molecule has 70 valence electrons. The number of rotatable bonds is 2. The third-order valence-electron chi connectivity index (χ3n) is 1.82. The zero-order valence-electron chi connectivity index (χ0n) is 7.27. The zero-order chi connectivity index (χ0) is 9.97. The van der Waals surface area contributed by atoms with Crippen LogP contribution in [0, 0.1) is 0 Å². The summed E-state index contributed by atoms with van der Waals surface area (Å²) in [6.07, 6.45) is 3.16. The van der Waals surface area contributed by atoms with Crippen molar-refractivity contribution in [3.05, 3.63) is 36.2 Å².